The third-order valence-electron chi connectivity index (χ3n) is 2.43. The summed E-state index contributed by atoms with van der Waals surface area (Å²) in [5.41, 5.74) is 0.983. The highest BCUT2D eigenvalue weighted by Crippen LogP contribution is 2.14. The molecule has 2 aromatic rings. The molecule has 0 aromatic carbocycles. The van der Waals surface area contributed by atoms with Crippen molar-refractivity contribution in [1.29, 1.82) is 0 Å². The van der Waals surface area contributed by atoms with Gasteiger partial charge in [0.2, 0.25) is 0 Å². The van der Waals surface area contributed by atoms with Crippen molar-refractivity contribution in [2.45, 2.75) is 6.92 Å². The molecular weight excluding hydrogens is 238 g/mol. The number of hydrogen-bond acceptors (Lipinski definition) is 6. The van der Waals surface area contributed by atoms with Crippen molar-refractivity contribution < 1.29 is 14.3 Å². The van der Waals surface area contributed by atoms with Gasteiger partial charge < -0.3 is 4.74 Å². The van der Waals surface area contributed by atoms with E-state index in [4.69, 9.17) is 0 Å². The summed E-state index contributed by atoms with van der Waals surface area (Å²) in [7, 11) is 2.92. The Kier molecular flexibility index (Phi) is 2.92. The fourth-order valence-electron chi connectivity index (χ4n) is 1.62. The Morgan fingerprint density at radius 3 is 2.78 bits per heavy atom. The van der Waals surface area contributed by atoms with Gasteiger partial charge in [0, 0.05) is 7.05 Å². The van der Waals surface area contributed by atoms with Gasteiger partial charge in [-0.2, -0.15) is 5.10 Å². The molecule has 0 aliphatic heterocycles. The Balaban J connectivity index is 2.52. The summed E-state index contributed by atoms with van der Waals surface area (Å²) >= 11 is 0. The molecule has 94 valence electrons. The molecule has 2 rings (SSSR count). The van der Waals surface area contributed by atoms with Crippen molar-refractivity contribution >= 4 is 12.3 Å². The lowest BCUT2D eigenvalue weighted by molar-refractivity contribution is 0.0587. The first kappa shape index (κ1) is 12.0. The van der Waals surface area contributed by atoms with Gasteiger partial charge in [0.05, 0.1) is 18.4 Å². The fraction of sp³-hybridized carbons (Fsp3) is 0.300. The number of esters is 1. The van der Waals surface area contributed by atoms with Crippen molar-refractivity contribution in [3.63, 3.8) is 0 Å². The van der Waals surface area contributed by atoms with E-state index in [9.17, 15) is 9.59 Å². The van der Waals surface area contributed by atoms with Crippen LogP contribution < -0.4 is 0 Å². The van der Waals surface area contributed by atoms with E-state index < -0.39 is 5.97 Å². The normalized spacial score (nSPS) is 10.4. The van der Waals surface area contributed by atoms with Crippen molar-refractivity contribution in [1.82, 2.24) is 24.5 Å². The number of hydrogen-bond donors (Lipinski definition) is 0. The molecule has 18 heavy (non-hydrogen) atoms. The van der Waals surface area contributed by atoms with E-state index in [1.807, 2.05) is 0 Å². The Labute approximate surface area is 102 Å². The minimum absolute atomic E-state index is 0.0757. The number of ether oxygens (including phenoxy) is 1. The topological polar surface area (TPSA) is 91.9 Å². The third-order valence-corrected chi connectivity index (χ3v) is 2.43. The standard InChI is InChI=1S/C10H11N5O3/c1-6-7(4-16)9(14(2)12-6)15-5-11-8(13-15)10(17)18-3/h4-5H,1-3H3. The van der Waals surface area contributed by atoms with Crippen LogP contribution in [0.15, 0.2) is 6.33 Å². The van der Waals surface area contributed by atoms with E-state index >= 15 is 0 Å². The molecule has 0 saturated heterocycles. The summed E-state index contributed by atoms with van der Waals surface area (Å²) in [6, 6.07) is 0. The maximum absolute atomic E-state index is 11.3. The van der Waals surface area contributed by atoms with Gasteiger partial charge in [-0.25, -0.2) is 19.1 Å². The molecule has 0 atom stereocenters. The summed E-state index contributed by atoms with van der Waals surface area (Å²) in [6.07, 6.45) is 2.02. The summed E-state index contributed by atoms with van der Waals surface area (Å²) in [5.74, 6) is -0.265. The predicted octanol–water partition coefficient (Wildman–Crippen LogP) is -0.0917. The van der Waals surface area contributed by atoms with Crippen molar-refractivity contribution in [3.05, 3.63) is 23.4 Å². The number of carbonyl (C=O) groups excluding carboxylic acids is 2. The highest BCUT2D eigenvalue weighted by molar-refractivity contribution is 5.85. The van der Waals surface area contributed by atoms with Gasteiger partial charge in [0.25, 0.3) is 5.82 Å². The molecule has 2 heterocycles. The molecule has 2 aromatic heterocycles. The van der Waals surface area contributed by atoms with Crippen LogP contribution in [-0.4, -0.2) is 43.9 Å². The van der Waals surface area contributed by atoms with Gasteiger partial charge in [0.15, 0.2) is 12.1 Å². The van der Waals surface area contributed by atoms with E-state index in [1.165, 1.54) is 22.8 Å². The largest absolute Gasteiger partial charge is 0.463 e. The maximum Gasteiger partial charge on any atom is 0.377 e. The number of aromatic nitrogens is 5. The lowest BCUT2D eigenvalue weighted by atomic mass is 10.3. The van der Waals surface area contributed by atoms with Gasteiger partial charge in [-0.15, -0.1) is 5.10 Å². The smallest absolute Gasteiger partial charge is 0.377 e. The fourth-order valence-corrected chi connectivity index (χ4v) is 1.62. The molecule has 8 heteroatoms. The lowest BCUT2D eigenvalue weighted by Crippen LogP contribution is -2.08. The van der Waals surface area contributed by atoms with Crippen LogP contribution in [0.5, 0.6) is 0 Å². The van der Waals surface area contributed by atoms with Crippen LogP contribution in [0.3, 0.4) is 0 Å². The van der Waals surface area contributed by atoms with Gasteiger partial charge >= 0.3 is 5.97 Å². The van der Waals surface area contributed by atoms with Crippen molar-refractivity contribution in [2.24, 2.45) is 7.05 Å². The van der Waals surface area contributed by atoms with E-state index in [1.54, 1.807) is 14.0 Å². The average Bonchev–Trinajstić information content (AvgIpc) is 2.92. The van der Waals surface area contributed by atoms with Gasteiger partial charge in [-0.1, -0.05) is 0 Å². The Bertz CT molecular complexity index is 613. The average molecular weight is 249 g/mol. The molecule has 8 nitrogen and oxygen atoms in total. The molecule has 0 aliphatic rings. The van der Waals surface area contributed by atoms with Crippen molar-refractivity contribution in [2.75, 3.05) is 7.11 Å². The first-order valence-corrected chi connectivity index (χ1v) is 5.07. The van der Waals surface area contributed by atoms with Crippen LogP contribution in [-0.2, 0) is 11.8 Å². The van der Waals surface area contributed by atoms with Gasteiger partial charge in [-0.3, -0.25) is 4.79 Å². The van der Waals surface area contributed by atoms with E-state index in [2.05, 4.69) is 19.9 Å². The zero-order valence-corrected chi connectivity index (χ0v) is 10.1. The molecule has 0 spiro atoms. The molecule has 0 fully saturated rings. The van der Waals surface area contributed by atoms with Crippen LogP contribution >= 0.6 is 0 Å². The number of rotatable bonds is 3. The predicted molar refractivity (Wildman–Crippen MR) is 59.6 cm³/mol. The van der Waals surface area contributed by atoms with E-state index in [0.717, 1.165) is 0 Å². The second-order valence-corrected chi connectivity index (χ2v) is 3.57. The SMILES string of the molecule is COC(=O)c1ncn(-c2c(C=O)c(C)nn2C)n1. The van der Waals surface area contributed by atoms with Crippen LogP contribution in [0.2, 0.25) is 0 Å². The first-order valence-electron chi connectivity index (χ1n) is 5.07. The number of carbonyl (C=O) groups is 2. The number of aldehydes is 1. The molecular formula is C10H11N5O3. The minimum atomic E-state index is -0.639. The molecule has 0 radical (unpaired) electrons. The number of aryl methyl sites for hydroxylation is 2. The van der Waals surface area contributed by atoms with Crippen LogP contribution in [0.4, 0.5) is 0 Å². The summed E-state index contributed by atoms with van der Waals surface area (Å²) < 4.78 is 7.32. The van der Waals surface area contributed by atoms with Crippen molar-refractivity contribution in [3.8, 4) is 5.82 Å². The van der Waals surface area contributed by atoms with E-state index in [0.29, 0.717) is 23.4 Å². The van der Waals surface area contributed by atoms with Crippen LogP contribution in [0.1, 0.15) is 26.7 Å². The minimum Gasteiger partial charge on any atom is -0.463 e. The molecule has 0 saturated carbocycles. The summed E-state index contributed by atoms with van der Waals surface area (Å²) in [5, 5.41) is 8.06. The molecule has 0 unspecified atom stereocenters. The Morgan fingerprint density at radius 1 is 1.44 bits per heavy atom. The third kappa shape index (κ3) is 1.77. The Morgan fingerprint density at radius 2 is 2.17 bits per heavy atom. The monoisotopic (exact) mass is 249 g/mol. The van der Waals surface area contributed by atoms with Gasteiger partial charge in [-0.05, 0) is 6.92 Å². The van der Waals surface area contributed by atoms with Gasteiger partial charge in [0.1, 0.15) is 6.33 Å². The molecule has 0 amide bonds. The van der Waals surface area contributed by atoms with Crippen LogP contribution in [0.25, 0.3) is 5.82 Å². The molecule has 0 N–H and O–H groups in total. The lowest BCUT2D eigenvalue weighted by Gasteiger charge is -2.01. The summed E-state index contributed by atoms with van der Waals surface area (Å²) in [4.78, 5) is 26.1. The zero-order chi connectivity index (χ0) is 13.3. The maximum atomic E-state index is 11.3. The summed E-state index contributed by atoms with van der Waals surface area (Å²) in [6.45, 7) is 1.71. The molecule has 0 aliphatic carbocycles. The highest BCUT2D eigenvalue weighted by Gasteiger charge is 2.18. The quantitative estimate of drug-likeness (QED) is 0.557. The first-order chi connectivity index (χ1) is 8.58. The highest BCUT2D eigenvalue weighted by atomic mass is 16.5. The Hall–Kier alpha value is -2.51. The second-order valence-electron chi connectivity index (χ2n) is 3.57. The molecule has 0 bridgehead atoms. The van der Waals surface area contributed by atoms with E-state index in [-0.39, 0.29) is 5.82 Å². The second kappa shape index (κ2) is 4.40. The zero-order valence-electron chi connectivity index (χ0n) is 10.1. The number of methoxy groups -OCH3 is 1. The van der Waals surface area contributed by atoms with Crippen LogP contribution in [0, 0.1) is 6.92 Å². The number of nitrogens with zero attached hydrogens (tertiary/aromatic N) is 5.